The second-order valence-electron chi connectivity index (χ2n) is 4.92. The molecule has 2 atom stereocenters. The lowest BCUT2D eigenvalue weighted by atomic mass is 9.99. The fraction of sp³-hybridized carbons (Fsp3) is 0.667. The normalized spacial score (nSPS) is 14.1. The minimum absolute atomic E-state index is 0.165. The van der Waals surface area contributed by atoms with E-state index in [0.29, 0.717) is 18.2 Å². The summed E-state index contributed by atoms with van der Waals surface area (Å²) in [6, 6.07) is -0.838. The summed E-state index contributed by atoms with van der Waals surface area (Å²) in [5.74, 6) is 2.30. The summed E-state index contributed by atoms with van der Waals surface area (Å²) in [7, 11) is 1.20. The second kappa shape index (κ2) is 8.22. The zero-order chi connectivity index (χ0) is 18.5. The topological polar surface area (TPSA) is 112 Å². The molecule has 136 valence electrons. The Balaban J connectivity index is 2.69. The lowest BCUT2D eigenvalue weighted by Crippen LogP contribution is -2.46. The van der Waals surface area contributed by atoms with Gasteiger partial charge in [0.1, 0.15) is 6.04 Å². The maximum atomic E-state index is 12.5. The van der Waals surface area contributed by atoms with Gasteiger partial charge in [0.15, 0.2) is 0 Å². The first-order chi connectivity index (χ1) is 11.1. The predicted molar refractivity (Wildman–Crippen MR) is 79.3 cm³/mol. The van der Waals surface area contributed by atoms with Gasteiger partial charge in [-0.25, -0.2) is 9.47 Å². The monoisotopic (exact) mass is 369 g/mol. The molecule has 0 saturated carbocycles. The molecule has 0 aliphatic rings. The van der Waals surface area contributed by atoms with Crippen molar-refractivity contribution in [3.8, 4) is 0 Å². The number of hydrogen-bond donors (Lipinski definition) is 2. The zero-order valence-corrected chi connectivity index (χ0v) is 14.1. The Bertz CT molecular complexity index is 593. The van der Waals surface area contributed by atoms with Crippen molar-refractivity contribution in [1.82, 2.24) is 20.2 Å². The van der Waals surface area contributed by atoms with Gasteiger partial charge < -0.3 is 15.9 Å². The number of halogens is 3. The number of nitrogen functional groups attached to an aromatic ring is 1. The van der Waals surface area contributed by atoms with Crippen LogP contribution in [0.5, 0.6) is 0 Å². The molecule has 3 N–H and O–H groups in total. The third-order valence-electron chi connectivity index (χ3n) is 3.24. The number of esters is 1. The third kappa shape index (κ3) is 5.01. The second-order valence-corrected chi connectivity index (χ2v) is 5.86. The zero-order valence-electron chi connectivity index (χ0n) is 13.3. The Morgan fingerprint density at radius 3 is 2.50 bits per heavy atom. The molecular formula is C12H18F3N5O3S. The summed E-state index contributed by atoms with van der Waals surface area (Å²) < 4.78 is 42.5. The van der Waals surface area contributed by atoms with E-state index in [4.69, 9.17) is 5.84 Å². The van der Waals surface area contributed by atoms with Crippen LogP contribution in [0.15, 0.2) is 5.16 Å². The number of alkyl halides is 3. The summed E-state index contributed by atoms with van der Waals surface area (Å²) in [6.07, 6.45) is -4.12. The minimum atomic E-state index is -4.74. The maximum absolute atomic E-state index is 12.5. The first-order valence-corrected chi connectivity index (χ1v) is 7.88. The molecule has 0 aliphatic carbocycles. The van der Waals surface area contributed by atoms with Gasteiger partial charge in [0.2, 0.25) is 11.1 Å². The molecule has 12 heteroatoms. The summed E-state index contributed by atoms with van der Waals surface area (Å²) in [5.41, 5.74) is 0. The third-order valence-corrected chi connectivity index (χ3v) is 4.18. The largest absolute Gasteiger partial charge is 0.467 e. The van der Waals surface area contributed by atoms with Crippen molar-refractivity contribution in [1.29, 1.82) is 0 Å². The van der Waals surface area contributed by atoms with Crippen LogP contribution in [-0.4, -0.2) is 45.7 Å². The van der Waals surface area contributed by atoms with Crippen LogP contribution in [-0.2, 0) is 20.5 Å². The van der Waals surface area contributed by atoms with Crippen LogP contribution in [0.4, 0.5) is 13.2 Å². The fourth-order valence-electron chi connectivity index (χ4n) is 1.71. The number of amides is 1. The standard InChI is InChI=1S/C12H18F3N5O3S/c1-4-6(2)8(9(22)23-3)17-7(21)5-24-11-19-18-10(20(11)16)12(13,14)15/h6,8H,4-5,16H2,1-3H3,(H,17,21)/t6-,8-/m1/s1. The van der Waals surface area contributed by atoms with Crippen LogP contribution < -0.4 is 11.2 Å². The average Bonchev–Trinajstić information content (AvgIpc) is 2.90. The van der Waals surface area contributed by atoms with E-state index in [1.54, 1.807) is 6.92 Å². The van der Waals surface area contributed by atoms with Crippen LogP contribution in [0.25, 0.3) is 0 Å². The van der Waals surface area contributed by atoms with Crippen LogP contribution >= 0.6 is 11.8 Å². The van der Waals surface area contributed by atoms with E-state index in [1.807, 2.05) is 6.92 Å². The molecule has 8 nitrogen and oxygen atoms in total. The number of thioether (sulfide) groups is 1. The van der Waals surface area contributed by atoms with E-state index in [-0.39, 0.29) is 21.5 Å². The molecule has 0 radical (unpaired) electrons. The molecule has 0 spiro atoms. The van der Waals surface area contributed by atoms with E-state index >= 15 is 0 Å². The van der Waals surface area contributed by atoms with Crippen LogP contribution in [0.2, 0.25) is 0 Å². The molecule has 0 aromatic carbocycles. The molecule has 0 bridgehead atoms. The predicted octanol–water partition coefficient (Wildman–Crippen LogP) is 0.807. The number of hydrogen-bond acceptors (Lipinski definition) is 7. The number of aromatic nitrogens is 3. The van der Waals surface area contributed by atoms with Crippen LogP contribution in [0.3, 0.4) is 0 Å². The number of carbonyl (C=O) groups is 2. The Morgan fingerprint density at radius 2 is 2.04 bits per heavy atom. The SMILES string of the molecule is CC[C@@H](C)[C@@H](NC(=O)CSc1nnc(C(F)(F)F)n1N)C(=O)OC. The van der Waals surface area contributed by atoms with Gasteiger partial charge in [-0.1, -0.05) is 32.0 Å². The van der Waals surface area contributed by atoms with Crippen molar-refractivity contribution in [2.75, 3.05) is 18.7 Å². The van der Waals surface area contributed by atoms with Crippen molar-refractivity contribution in [3.05, 3.63) is 5.82 Å². The van der Waals surface area contributed by atoms with Gasteiger partial charge in [-0.05, 0) is 5.92 Å². The molecule has 24 heavy (non-hydrogen) atoms. The van der Waals surface area contributed by atoms with Crippen LogP contribution in [0.1, 0.15) is 26.1 Å². The van der Waals surface area contributed by atoms with Gasteiger partial charge >= 0.3 is 12.1 Å². The van der Waals surface area contributed by atoms with Gasteiger partial charge in [0, 0.05) is 0 Å². The molecule has 0 aliphatic heterocycles. The molecule has 0 unspecified atom stereocenters. The number of ether oxygens (including phenoxy) is 1. The van der Waals surface area contributed by atoms with E-state index in [9.17, 15) is 22.8 Å². The van der Waals surface area contributed by atoms with Crippen molar-refractivity contribution in [3.63, 3.8) is 0 Å². The number of methoxy groups -OCH3 is 1. The van der Waals surface area contributed by atoms with Gasteiger partial charge in [0.25, 0.3) is 5.82 Å². The average molecular weight is 369 g/mol. The Hall–Kier alpha value is -1.98. The Kier molecular flexibility index (Phi) is 6.87. The molecule has 1 amide bonds. The van der Waals surface area contributed by atoms with Crippen molar-refractivity contribution in [2.24, 2.45) is 5.92 Å². The lowest BCUT2D eigenvalue weighted by molar-refractivity contribution is -0.147. The smallest absolute Gasteiger partial charge is 0.453 e. The van der Waals surface area contributed by atoms with Crippen molar-refractivity contribution < 1.29 is 27.5 Å². The molecule has 1 aromatic rings. The molecule has 1 heterocycles. The highest BCUT2D eigenvalue weighted by Crippen LogP contribution is 2.28. The van der Waals surface area contributed by atoms with Crippen molar-refractivity contribution in [2.45, 2.75) is 37.6 Å². The molecule has 1 aromatic heterocycles. The highest BCUT2D eigenvalue weighted by Gasteiger charge is 2.38. The van der Waals surface area contributed by atoms with Gasteiger partial charge in [-0.15, -0.1) is 10.2 Å². The van der Waals surface area contributed by atoms with E-state index in [0.717, 1.165) is 0 Å². The highest BCUT2D eigenvalue weighted by atomic mass is 32.2. The maximum Gasteiger partial charge on any atom is 0.453 e. The molecule has 1 rings (SSSR count). The quantitative estimate of drug-likeness (QED) is 0.415. The highest BCUT2D eigenvalue weighted by molar-refractivity contribution is 7.99. The minimum Gasteiger partial charge on any atom is -0.467 e. The fourth-order valence-corrected chi connectivity index (χ4v) is 2.38. The van der Waals surface area contributed by atoms with Gasteiger partial charge in [-0.3, -0.25) is 4.79 Å². The summed E-state index contributed by atoms with van der Waals surface area (Å²) in [4.78, 5) is 23.6. The molecular weight excluding hydrogens is 351 g/mol. The molecule has 0 fully saturated rings. The Morgan fingerprint density at radius 1 is 1.42 bits per heavy atom. The van der Waals surface area contributed by atoms with E-state index in [1.165, 1.54) is 7.11 Å². The summed E-state index contributed by atoms with van der Waals surface area (Å²) in [5, 5.41) is 8.46. The van der Waals surface area contributed by atoms with E-state index < -0.39 is 29.9 Å². The van der Waals surface area contributed by atoms with Crippen molar-refractivity contribution >= 4 is 23.6 Å². The van der Waals surface area contributed by atoms with Gasteiger partial charge in [0.05, 0.1) is 12.9 Å². The number of carbonyl (C=O) groups excluding carboxylic acids is 2. The lowest BCUT2D eigenvalue weighted by Gasteiger charge is -2.21. The number of rotatable bonds is 7. The Labute approximate surface area is 140 Å². The first kappa shape index (κ1) is 20.1. The van der Waals surface area contributed by atoms with Gasteiger partial charge in [-0.2, -0.15) is 13.2 Å². The van der Waals surface area contributed by atoms with E-state index in [2.05, 4.69) is 20.3 Å². The summed E-state index contributed by atoms with van der Waals surface area (Å²) in [6.45, 7) is 3.61. The molecule has 0 saturated heterocycles. The first-order valence-electron chi connectivity index (χ1n) is 6.89. The summed E-state index contributed by atoms with van der Waals surface area (Å²) >= 11 is 0.673. The number of nitrogens with zero attached hydrogens (tertiary/aromatic N) is 3. The number of nitrogens with two attached hydrogens (primary N) is 1. The number of nitrogens with one attached hydrogen (secondary N) is 1. The van der Waals surface area contributed by atoms with Crippen LogP contribution in [0, 0.1) is 5.92 Å².